The fraction of sp³-hybridized carbons (Fsp3) is 0.241. The van der Waals surface area contributed by atoms with Crippen molar-refractivity contribution in [2.75, 3.05) is 32.2 Å². The lowest BCUT2D eigenvalue weighted by atomic mass is 9.83. The summed E-state index contributed by atoms with van der Waals surface area (Å²) >= 11 is 0. The minimum Gasteiger partial charge on any atom is -0.496 e. The number of hydrogen-bond acceptors (Lipinski definition) is 7. The first-order valence-corrected chi connectivity index (χ1v) is 11.9. The average Bonchev–Trinajstić information content (AvgIpc) is 2.96. The number of aliphatic hydroxyl groups is 1. The molecule has 1 fully saturated rings. The first-order valence-electron chi connectivity index (χ1n) is 11.9. The molecule has 0 bridgehead atoms. The third kappa shape index (κ3) is 4.46. The number of fused-ring (bicyclic) bond motifs is 1. The van der Waals surface area contributed by atoms with Crippen molar-refractivity contribution in [3.8, 4) is 16.9 Å². The molecule has 0 radical (unpaired) electrons. The number of benzene rings is 2. The van der Waals surface area contributed by atoms with Crippen molar-refractivity contribution in [2.45, 2.75) is 18.4 Å². The number of hydrogen-bond donors (Lipinski definition) is 1. The number of aromatic nitrogens is 2. The summed E-state index contributed by atoms with van der Waals surface area (Å²) in [6.45, 7) is 8.34. The molecule has 0 saturated carbocycles. The van der Waals surface area contributed by atoms with Gasteiger partial charge in [0.25, 0.3) is 0 Å². The second-order valence-corrected chi connectivity index (χ2v) is 8.98. The van der Waals surface area contributed by atoms with Gasteiger partial charge in [-0.1, -0.05) is 36.4 Å². The van der Waals surface area contributed by atoms with Crippen LogP contribution in [0.2, 0.25) is 0 Å². The smallest absolute Gasteiger partial charge is 0.339 e. The normalized spacial score (nSPS) is 14.7. The molecule has 8 nitrogen and oxygen atoms in total. The molecule has 5 rings (SSSR count). The molecule has 0 unspecified atom stereocenters. The van der Waals surface area contributed by atoms with Crippen LogP contribution in [0.15, 0.2) is 67.0 Å². The van der Waals surface area contributed by atoms with E-state index in [0.717, 1.165) is 27.8 Å². The molecular weight excluding hydrogens is 468 g/mol. The first-order chi connectivity index (χ1) is 18.0. The lowest BCUT2D eigenvalue weighted by molar-refractivity contribution is 0.00945. The highest BCUT2D eigenvalue weighted by Crippen LogP contribution is 2.43. The number of ether oxygens (including phenoxy) is 2. The molecule has 0 atom stereocenters. The predicted molar refractivity (Wildman–Crippen MR) is 141 cm³/mol. The average molecular weight is 495 g/mol. The van der Waals surface area contributed by atoms with Crippen LogP contribution in [0.4, 0.5) is 11.5 Å². The number of esters is 1. The van der Waals surface area contributed by atoms with E-state index < -0.39 is 11.6 Å². The number of anilines is 1. The number of methoxy groups -OCH3 is 2. The molecule has 1 aliphatic rings. The third-order valence-electron chi connectivity index (χ3n) is 6.94. The van der Waals surface area contributed by atoms with Crippen LogP contribution in [0.25, 0.3) is 26.9 Å². The Labute approximate surface area is 214 Å². The van der Waals surface area contributed by atoms with Crippen LogP contribution in [0, 0.1) is 6.57 Å². The fourth-order valence-electron chi connectivity index (χ4n) is 4.89. The molecule has 186 valence electrons. The lowest BCUT2D eigenvalue weighted by Crippen LogP contribution is -2.43. The Bertz CT molecular complexity index is 1490. The highest BCUT2D eigenvalue weighted by atomic mass is 16.5. The van der Waals surface area contributed by atoms with Gasteiger partial charge < -0.3 is 19.5 Å². The molecule has 3 heterocycles. The van der Waals surface area contributed by atoms with Gasteiger partial charge in [-0.3, -0.25) is 4.98 Å². The molecule has 2 aromatic heterocycles. The van der Waals surface area contributed by atoms with Gasteiger partial charge in [0.1, 0.15) is 11.6 Å². The summed E-state index contributed by atoms with van der Waals surface area (Å²) in [6, 6.07) is 16.8. The van der Waals surface area contributed by atoms with Gasteiger partial charge in [-0.25, -0.2) is 14.6 Å². The van der Waals surface area contributed by atoms with Crippen LogP contribution in [-0.4, -0.2) is 48.4 Å². The quantitative estimate of drug-likeness (QED) is 0.304. The highest BCUT2D eigenvalue weighted by Gasteiger charge is 2.37. The topological polar surface area (TPSA) is 89.1 Å². The summed E-state index contributed by atoms with van der Waals surface area (Å²) in [5, 5.41) is 12.5. The van der Waals surface area contributed by atoms with Gasteiger partial charge in [0.05, 0.1) is 37.5 Å². The Morgan fingerprint density at radius 1 is 1.03 bits per heavy atom. The number of carbonyl (C=O) groups is 1. The second kappa shape index (κ2) is 9.88. The summed E-state index contributed by atoms with van der Waals surface area (Å²) in [6.07, 6.45) is 4.16. The summed E-state index contributed by atoms with van der Waals surface area (Å²) in [5.74, 6) is 0.930. The van der Waals surface area contributed by atoms with Crippen LogP contribution < -0.4 is 9.64 Å². The van der Waals surface area contributed by atoms with Crippen LogP contribution in [0.3, 0.4) is 0 Å². The van der Waals surface area contributed by atoms with Crippen LogP contribution >= 0.6 is 0 Å². The van der Waals surface area contributed by atoms with Crippen molar-refractivity contribution >= 4 is 28.4 Å². The maximum absolute atomic E-state index is 11.7. The van der Waals surface area contributed by atoms with Crippen LogP contribution in [0.5, 0.6) is 5.75 Å². The SMILES string of the molecule is [C-]#[N+]c1ccc(-c2cccc3c(OC)c(C4(O)CCN(c5ccc(C(=O)OC)cn5)CC4)cnc23)cc1. The zero-order chi connectivity index (χ0) is 26.0. The van der Waals surface area contributed by atoms with Gasteiger partial charge in [0.15, 0.2) is 5.69 Å². The number of carbonyl (C=O) groups excluding carboxylic acids is 1. The minimum absolute atomic E-state index is 0.397. The Hall–Kier alpha value is -4.48. The summed E-state index contributed by atoms with van der Waals surface area (Å²) in [7, 11) is 2.95. The van der Waals surface area contributed by atoms with Crippen molar-refractivity contribution in [1.29, 1.82) is 0 Å². The van der Waals surface area contributed by atoms with Gasteiger partial charge in [-0.05, 0) is 36.6 Å². The molecule has 0 amide bonds. The van der Waals surface area contributed by atoms with Crippen LogP contribution in [0.1, 0.15) is 28.8 Å². The van der Waals surface area contributed by atoms with Crippen molar-refractivity contribution in [2.24, 2.45) is 0 Å². The Balaban J connectivity index is 1.43. The van der Waals surface area contributed by atoms with E-state index in [0.29, 0.717) is 48.5 Å². The number of piperidine rings is 1. The number of para-hydroxylation sites is 1. The maximum Gasteiger partial charge on any atom is 0.339 e. The molecule has 37 heavy (non-hydrogen) atoms. The second-order valence-electron chi connectivity index (χ2n) is 8.98. The molecule has 0 spiro atoms. The Morgan fingerprint density at radius 2 is 1.78 bits per heavy atom. The molecule has 1 saturated heterocycles. The molecule has 1 aliphatic heterocycles. The zero-order valence-corrected chi connectivity index (χ0v) is 20.6. The van der Waals surface area contributed by atoms with Crippen LogP contribution in [-0.2, 0) is 10.3 Å². The first kappa shape index (κ1) is 24.2. The van der Waals surface area contributed by atoms with E-state index in [2.05, 4.69) is 14.7 Å². The molecule has 4 aromatic rings. The molecule has 1 N–H and O–H groups in total. The van der Waals surface area contributed by atoms with E-state index in [-0.39, 0.29) is 0 Å². The van der Waals surface area contributed by atoms with Crippen molar-refractivity contribution in [1.82, 2.24) is 9.97 Å². The highest BCUT2D eigenvalue weighted by molar-refractivity contribution is 5.97. The van der Waals surface area contributed by atoms with Gasteiger partial charge in [-0.15, -0.1) is 0 Å². The van der Waals surface area contributed by atoms with Gasteiger partial charge in [0, 0.05) is 42.0 Å². The fourth-order valence-corrected chi connectivity index (χ4v) is 4.89. The molecule has 0 aliphatic carbocycles. The van der Waals surface area contributed by atoms with Crippen molar-refractivity contribution in [3.63, 3.8) is 0 Å². The zero-order valence-electron chi connectivity index (χ0n) is 20.6. The number of pyridine rings is 2. The van der Waals surface area contributed by atoms with E-state index in [9.17, 15) is 9.90 Å². The summed E-state index contributed by atoms with van der Waals surface area (Å²) in [5.41, 5.74) is 3.20. The standard InChI is InChI=1S/C29H26N4O4/c1-30-21-10-7-19(8-11-21)22-5-4-6-23-26(22)32-18-24(27(23)36-2)29(35)13-15-33(16-14-29)25-12-9-20(17-31-25)28(34)37-3/h4-12,17-18,35H,13-16H2,2-3H3. The van der Waals surface area contributed by atoms with E-state index in [1.807, 2.05) is 30.3 Å². The Kier molecular flexibility index (Phi) is 6.47. The van der Waals surface area contributed by atoms with Gasteiger partial charge >= 0.3 is 5.97 Å². The van der Waals surface area contributed by atoms with E-state index >= 15 is 0 Å². The minimum atomic E-state index is -1.11. The summed E-state index contributed by atoms with van der Waals surface area (Å²) in [4.78, 5) is 26.4. The molecule has 8 heteroatoms. The van der Waals surface area contributed by atoms with E-state index in [1.165, 1.54) is 13.3 Å². The van der Waals surface area contributed by atoms with Crippen molar-refractivity contribution < 1.29 is 19.4 Å². The third-order valence-corrected chi connectivity index (χ3v) is 6.94. The van der Waals surface area contributed by atoms with Gasteiger partial charge in [0.2, 0.25) is 0 Å². The Morgan fingerprint density at radius 3 is 2.41 bits per heavy atom. The molecular formula is C29H26N4O4. The monoisotopic (exact) mass is 494 g/mol. The summed E-state index contributed by atoms with van der Waals surface area (Å²) < 4.78 is 10.6. The van der Waals surface area contributed by atoms with E-state index in [4.69, 9.17) is 21.0 Å². The maximum atomic E-state index is 11.7. The van der Waals surface area contributed by atoms with E-state index in [1.54, 1.807) is 37.6 Å². The number of rotatable bonds is 5. The van der Waals surface area contributed by atoms with Crippen molar-refractivity contribution in [3.05, 3.63) is 89.5 Å². The largest absolute Gasteiger partial charge is 0.496 e. The lowest BCUT2D eigenvalue weighted by Gasteiger charge is -2.39. The predicted octanol–water partition coefficient (Wildman–Crippen LogP) is 5.13. The van der Waals surface area contributed by atoms with Gasteiger partial charge in [-0.2, -0.15) is 0 Å². The number of nitrogens with zero attached hydrogens (tertiary/aromatic N) is 4. The molecule has 2 aromatic carbocycles.